The summed E-state index contributed by atoms with van der Waals surface area (Å²) in [7, 11) is 0. The Morgan fingerprint density at radius 3 is 2.62 bits per heavy atom. The van der Waals surface area contributed by atoms with E-state index in [-0.39, 0.29) is 29.1 Å². The third kappa shape index (κ3) is 2.88. The maximum Gasteiger partial charge on any atom is 0.335 e. The van der Waals surface area contributed by atoms with Crippen LogP contribution in [-0.4, -0.2) is 22.8 Å². The fourth-order valence-corrected chi connectivity index (χ4v) is 2.70. The third-order valence-electron chi connectivity index (χ3n) is 3.77. The predicted octanol–water partition coefficient (Wildman–Crippen LogP) is 3.30. The number of carboxylic acids is 1. The normalized spacial score (nSPS) is 13.8. The number of carbonyl (C=O) groups excluding carboxylic acids is 2. The molecule has 1 N–H and O–H groups in total. The fourth-order valence-electron chi connectivity index (χ4n) is 2.58. The first-order chi connectivity index (χ1) is 11.4. The minimum absolute atomic E-state index is 0.0228. The number of rotatable bonds is 3. The number of amides is 1. The van der Waals surface area contributed by atoms with Crippen molar-refractivity contribution in [3.8, 4) is 0 Å². The second-order valence-electron chi connectivity index (χ2n) is 5.37. The molecule has 0 aliphatic carbocycles. The molecule has 0 unspecified atom stereocenters. The summed E-state index contributed by atoms with van der Waals surface area (Å²) in [4.78, 5) is 36.7. The highest BCUT2D eigenvalue weighted by Gasteiger charge is 2.30. The molecule has 0 atom stereocenters. The molecule has 0 radical (unpaired) electrons. The molecule has 24 heavy (non-hydrogen) atoms. The SMILES string of the molecule is O=C(O)c1ccc2c(c1)C(=O)CC(=O)N2Cc1ccc(Cl)c(F)c1. The minimum atomic E-state index is -1.16. The van der Waals surface area contributed by atoms with Crippen molar-refractivity contribution in [3.63, 3.8) is 0 Å². The monoisotopic (exact) mass is 347 g/mol. The maximum absolute atomic E-state index is 13.6. The number of aromatic carboxylic acids is 1. The molecule has 0 aromatic heterocycles. The zero-order chi connectivity index (χ0) is 17.4. The van der Waals surface area contributed by atoms with Crippen LogP contribution in [0.15, 0.2) is 36.4 Å². The van der Waals surface area contributed by atoms with Gasteiger partial charge in [-0.15, -0.1) is 0 Å². The van der Waals surface area contributed by atoms with E-state index in [1.165, 1.54) is 35.2 Å². The Labute approximate surface area is 141 Å². The second-order valence-corrected chi connectivity index (χ2v) is 5.77. The smallest absolute Gasteiger partial charge is 0.335 e. The quantitative estimate of drug-likeness (QED) is 0.864. The predicted molar refractivity (Wildman–Crippen MR) is 84.9 cm³/mol. The molecule has 2 aromatic carbocycles. The lowest BCUT2D eigenvalue weighted by molar-refractivity contribution is -0.118. The van der Waals surface area contributed by atoms with E-state index in [0.29, 0.717) is 11.3 Å². The molecule has 5 nitrogen and oxygen atoms in total. The van der Waals surface area contributed by atoms with Gasteiger partial charge in [-0.25, -0.2) is 9.18 Å². The number of carboxylic acid groups (broad SMARTS) is 1. The molecular weight excluding hydrogens is 337 g/mol. The first-order valence-corrected chi connectivity index (χ1v) is 7.39. The Balaban J connectivity index is 2.01. The highest BCUT2D eigenvalue weighted by Crippen LogP contribution is 2.30. The summed E-state index contributed by atoms with van der Waals surface area (Å²) in [6.07, 6.45) is -0.355. The van der Waals surface area contributed by atoms with Gasteiger partial charge < -0.3 is 10.0 Å². The maximum atomic E-state index is 13.6. The summed E-state index contributed by atoms with van der Waals surface area (Å²) >= 11 is 5.64. The minimum Gasteiger partial charge on any atom is -0.478 e. The number of Topliss-reactive ketones (excluding diaryl/α,β-unsaturated/α-hetero) is 1. The number of hydrogen-bond donors (Lipinski definition) is 1. The molecule has 122 valence electrons. The Morgan fingerprint density at radius 1 is 1.21 bits per heavy atom. The lowest BCUT2D eigenvalue weighted by atomic mass is 9.97. The molecule has 0 spiro atoms. The van der Waals surface area contributed by atoms with E-state index in [2.05, 4.69) is 0 Å². The Kier molecular flexibility index (Phi) is 4.07. The van der Waals surface area contributed by atoms with E-state index >= 15 is 0 Å². The summed E-state index contributed by atoms with van der Waals surface area (Å²) in [5.41, 5.74) is 0.961. The highest BCUT2D eigenvalue weighted by molar-refractivity contribution is 6.30. The van der Waals surface area contributed by atoms with Crippen LogP contribution in [0.4, 0.5) is 10.1 Å². The number of halogens is 2. The van der Waals surface area contributed by atoms with Gasteiger partial charge in [0.15, 0.2) is 5.78 Å². The second kappa shape index (κ2) is 6.05. The number of nitrogens with zero attached hydrogens (tertiary/aromatic N) is 1. The van der Waals surface area contributed by atoms with Crippen molar-refractivity contribution in [2.45, 2.75) is 13.0 Å². The van der Waals surface area contributed by atoms with E-state index in [1.807, 2.05) is 0 Å². The van der Waals surface area contributed by atoms with Crippen molar-refractivity contribution in [1.82, 2.24) is 0 Å². The molecule has 2 aromatic rings. The van der Waals surface area contributed by atoms with Gasteiger partial charge in [-0.05, 0) is 35.9 Å². The van der Waals surface area contributed by atoms with E-state index in [4.69, 9.17) is 16.7 Å². The van der Waals surface area contributed by atoms with Crippen molar-refractivity contribution in [3.05, 3.63) is 63.9 Å². The summed E-state index contributed by atoms with van der Waals surface area (Å²) in [5.74, 6) is -2.62. The molecule has 3 rings (SSSR count). The third-order valence-corrected chi connectivity index (χ3v) is 4.08. The summed E-state index contributed by atoms with van der Waals surface area (Å²) < 4.78 is 13.6. The average molecular weight is 348 g/mol. The number of benzene rings is 2. The van der Waals surface area contributed by atoms with Crippen LogP contribution in [-0.2, 0) is 11.3 Å². The van der Waals surface area contributed by atoms with Crippen molar-refractivity contribution in [2.24, 2.45) is 0 Å². The molecular formula is C17H11ClFNO4. The molecule has 1 aliphatic heterocycles. The van der Waals surface area contributed by atoms with Gasteiger partial charge in [0.05, 0.1) is 29.2 Å². The van der Waals surface area contributed by atoms with E-state index in [9.17, 15) is 18.8 Å². The number of anilines is 1. The van der Waals surface area contributed by atoms with Crippen LogP contribution < -0.4 is 4.90 Å². The number of ketones is 1. The van der Waals surface area contributed by atoms with Crippen molar-refractivity contribution >= 4 is 34.9 Å². The zero-order valence-corrected chi connectivity index (χ0v) is 13.0. The molecule has 0 saturated carbocycles. The lowest BCUT2D eigenvalue weighted by Crippen LogP contribution is -2.37. The van der Waals surface area contributed by atoms with Crippen molar-refractivity contribution < 1.29 is 23.9 Å². The van der Waals surface area contributed by atoms with Crippen LogP contribution in [0.1, 0.15) is 32.7 Å². The fraction of sp³-hybridized carbons (Fsp3) is 0.118. The molecule has 0 saturated heterocycles. The number of carbonyl (C=O) groups is 3. The van der Waals surface area contributed by atoms with Gasteiger partial charge in [-0.1, -0.05) is 17.7 Å². The first-order valence-electron chi connectivity index (χ1n) is 7.01. The van der Waals surface area contributed by atoms with Gasteiger partial charge in [-0.3, -0.25) is 9.59 Å². The van der Waals surface area contributed by atoms with Crippen LogP contribution in [0, 0.1) is 5.82 Å². The summed E-state index contributed by atoms with van der Waals surface area (Å²) in [6.45, 7) is 0.0552. The van der Waals surface area contributed by atoms with Gasteiger partial charge in [0.1, 0.15) is 5.82 Å². The lowest BCUT2D eigenvalue weighted by Gasteiger charge is -2.29. The van der Waals surface area contributed by atoms with Gasteiger partial charge in [0, 0.05) is 5.56 Å². The summed E-state index contributed by atoms with van der Waals surface area (Å²) in [6, 6.07) is 8.18. The molecule has 1 aliphatic rings. The highest BCUT2D eigenvalue weighted by atomic mass is 35.5. The molecule has 1 amide bonds. The Bertz CT molecular complexity index is 881. The van der Waals surface area contributed by atoms with E-state index in [1.54, 1.807) is 6.07 Å². The van der Waals surface area contributed by atoms with Gasteiger partial charge in [0.25, 0.3) is 0 Å². The summed E-state index contributed by atoms with van der Waals surface area (Å²) in [5, 5.41) is 9.01. The van der Waals surface area contributed by atoms with Crippen LogP contribution in [0.2, 0.25) is 5.02 Å². The molecule has 7 heteroatoms. The molecule has 1 heterocycles. The van der Waals surface area contributed by atoms with Crippen LogP contribution >= 0.6 is 11.6 Å². The number of hydrogen-bond acceptors (Lipinski definition) is 3. The molecule has 0 fully saturated rings. The van der Waals surface area contributed by atoms with Crippen LogP contribution in [0.3, 0.4) is 0 Å². The Morgan fingerprint density at radius 2 is 1.96 bits per heavy atom. The van der Waals surface area contributed by atoms with Gasteiger partial charge >= 0.3 is 5.97 Å². The molecule has 0 bridgehead atoms. The van der Waals surface area contributed by atoms with Crippen LogP contribution in [0.25, 0.3) is 0 Å². The Hall–Kier alpha value is -2.73. The van der Waals surface area contributed by atoms with Crippen molar-refractivity contribution in [1.29, 1.82) is 0 Å². The first kappa shape index (κ1) is 16.1. The van der Waals surface area contributed by atoms with E-state index in [0.717, 1.165) is 0 Å². The largest absolute Gasteiger partial charge is 0.478 e. The number of fused-ring (bicyclic) bond motifs is 1. The van der Waals surface area contributed by atoms with Gasteiger partial charge in [0.2, 0.25) is 5.91 Å². The zero-order valence-electron chi connectivity index (χ0n) is 12.3. The standard InChI is InChI=1S/C17H11ClFNO4/c18-12-3-1-9(5-13(12)19)8-20-14-4-2-10(17(23)24)6-11(14)15(21)7-16(20)22/h1-6H,7-8H2,(H,23,24). The van der Waals surface area contributed by atoms with Gasteiger partial charge in [-0.2, -0.15) is 0 Å². The van der Waals surface area contributed by atoms with E-state index < -0.39 is 23.5 Å². The average Bonchev–Trinajstić information content (AvgIpc) is 2.54. The topological polar surface area (TPSA) is 74.7 Å². The van der Waals surface area contributed by atoms with Crippen molar-refractivity contribution in [2.75, 3.05) is 4.90 Å². The van der Waals surface area contributed by atoms with Crippen LogP contribution in [0.5, 0.6) is 0 Å².